The summed E-state index contributed by atoms with van der Waals surface area (Å²) in [6, 6.07) is 17.1. The Morgan fingerprint density at radius 1 is 1.03 bits per heavy atom. The number of benzene rings is 2. The first-order valence-electron chi connectivity index (χ1n) is 8.77. The van der Waals surface area contributed by atoms with Crippen LogP contribution in [-0.4, -0.2) is 24.2 Å². The van der Waals surface area contributed by atoms with Crippen LogP contribution in [0, 0.1) is 0 Å². The molecular weight excluding hydrogens is 372 g/mol. The zero-order valence-corrected chi connectivity index (χ0v) is 15.4. The summed E-state index contributed by atoms with van der Waals surface area (Å²) in [5, 5.41) is 9.12. The average molecular weight is 388 g/mol. The van der Waals surface area contributed by atoms with E-state index >= 15 is 0 Å². The van der Waals surface area contributed by atoms with E-state index in [1.54, 1.807) is 67.8 Å². The van der Waals surface area contributed by atoms with Gasteiger partial charge in [-0.1, -0.05) is 12.1 Å². The summed E-state index contributed by atoms with van der Waals surface area (Å²) in [5.41, 5.74) is 1.92. The highest BCUT2D eigenvalue weighted by atomic mass is 16.5. The fraction of sp³-hybridized carbons (Fsp3) is 0.0435. The van der Waals surface area contributed by atoms with Gasteiger partial charge in [-0.3, -0.25) is 0 Å². The van der Waals surface area contributed by atoms with Crippen LogP contribution in [0.4, 0.5) is 0 Å². The first-order chi connectivity index (χ1) is 14.0. The lowest BCUT2D eigenvalue weighted by Crippen LogP contribution is -1.97. The van der Waals surface area contributed by atoms with E-state index in [0.717, 1.165) is 5.56 Å². The second-order valence-corrected chi connectivity index (χ2v) is 6.31. The van der Waals surface area contributed by atoms with E-state index in [-0.39, 0.29) is 5.56 Å². The fourth-order valence-electron chi connectivity index (χ4n) is 2.93. The molecule has 0 atom stereocenters. The molecule has 6 heteroatoms. The van der Waals surface area contributed by atoms with E-state index < -0.39 is 11.9 Å². The lowest BCUT2D eigenvalue weighted by atomic mass is 10.1. The molecule has 0 amide bonds. The van der Waals surface area contributed by atoms with Gasteiger partial charge in [0.15, 0.2) is 0 Å². The standard InChI is InChI=1S/C23H16O6/c1-27-18-7-5-14(6-8-18)21-13-17(23(26)29-21)12-19-9-10-20(28-19)15-3-2-4-16(11-15)22(24)25/h2-13H,1H3,(H,24,25)/b17-12-. The monoisotopic (exact) mass is 388 g/mol. The van der Waals surface area contributed by atoms with Crippen LogP contribution in [0.5, 0.6) is 5.75 Å². The second kappa shape index (κ2) is 7.52. The molecule has 0 saturated heterocycles. The molecule has 0 spiro atoms. The molecule has 0 fully saturated rings. The summed E-state index contributed by atoms with van der Waals surface area (Å²) in [6.45, 7) is 0. The Balaban J connectivity index is 1.59. The maximum Gasteiger partial charge on any atom is 0.343 e. The van der Waals surface area contributed by atoms with Gasteiger partial charge >= 0.3 is 11.9 Å². The Morgan fingerprint density at radius 2 is 1.83 bits per heavy atom. The normalized spacial score (nSPS) is 14.6. The zero-order valence-electron chi connectivity index (χ0n) is 15.4. The number of carboxylic acids is 1. The summed E-state index contributed by atoms with van der Waals surface area (Å²) in [5.74, 6) is 0.646. The second-order valence-electron chi connectivity index (χ2n) is 6.31. The third-order valence-electron chi connectivity index (χ3n) is 4.42. The van der Waals surface area contributed by atoms with E-state index in [1.807, 2.05) is 0 Å². The highest BCUT2D eigenvalue weighted by Crippen LogP contribution is 2.30. The molecule has 0 aliphatic carbocycles. The van der Waals surface area contributed by atoms with Crippen molar-refractivity contribution in [2.24, 2.45) is 0 Å². The molecule has 0 saturated carbocycles. The molecule has 6 nitrogen and oxygen atoms in total. The number of carbonyl (C=O) groups excluding carboxylic acids is 1. The van der Waals surface area contributed by atoms with Crippen LogP contribution >= 0.6 is 0 Å². The maximum atomic E-state index is 12.2. The van der Waals surface area contributed by atoms with Gasteiger partial charge in [-0.15, -0.1) is 0 Å². The van der Waals surface area contributed by atoms with Crippen molar-refractivity contribution in [2.45, 2.75) is 0 Å². The van der Waals surface area contributed by atoms with Gasteiger partial charge in [0, 0.05) is 11.1 Å². The number of aromatic carboxylic acids is 1. The Labute approximate surface area is 166 Å². The largest absolute Gasteiger partial charge is 0.497 e. The molecule has 144 valence electrons. The number of carbonyl (C=O) groups is 2. The Bertz CT molecular complexity index is 1150. The highest BCUT2D eigenvalue weighted by molar-refractivity contribution is 6.04. The third kappa shape index (κ3) is 3.82. The minimum absolute atomic E-state index is 0.172. The number of hydrogen-bond acceptors (Lipinski definition) is 5. The van der Waals surface area contributed by atoms with Crippen LogP contribution in [0.15, 0.2) is 76.7 Å². The highest BCUT2D eigenvalue weighted by Gasteiger charge is 2.22. The third-order valence-corrected chi connectivity index (χ3v) is 4.42. The van der Waals surface area contributed by atoms with Crippen molar-refractivity contribution < 1.29 is 28.6 Å². The summed E-state index contributed by atoms with van der Waals surface area (Å²) in [7, 11) is 1.58. The smallest absolute Gasteiger partial charge is 0.343 e. The Morgan fingerprint density at radius 3 is 2.55 bits per heavy atom. The number of cyclic esters (lactones) is 1. The van der Waals surface area contributed by atoms with Gasteiger partial charge < -0.3 is 19.0 Å². The topological polar surface area (TPSA) is 86.0 Å². The predicted molar refractivity (Wildman–Crippen MR) is 106 cm³/mol. The van der Waals surface area contributed by atoms with E-state index in [4.69, 9.17) is 19.0 Å². The molecule has 0 bridgehead atoms. The predicted octanol–water partition coefficient (Wildman–Crippen LogP) is 4.63. The molecule has 2 heterocycles. The fourth-order valence-corrected chi connectivity index (χ4v) is 2.93. The van der Waals surface area contributed by atoms with Gasteiger partial charge in [0.05, 0.1) is 18.2 Å². The average Bonchev–Trinajstić information content (AvgIpc) is 3.35. The van der Waals surface area contributed by atoms with E-state index in [2.05, 4.69) is 0 Å². The number of rotatable bonds is 5. The van der Waals surface area contributed by atoms with Crippen LogP contribution in [0.1, 0.15) is 21.7 Å². The molecule has 4 rings (SSSR count). The summed E-state index contributed by atoms with van der Waals surface area (Å²) in [6.07, 6.45) is 3.24. The number of hydrogen-bond donors (Lipinski definition) is 1. The lowest BCUT2D eigenvalue weighted by molar-refractivity contribution is -0.130. The van der Waals surface area contributed by atoms with Gasteiger partial charge in [-0.2, -0.15) is 0 Å². The van der Waals surface area contributed by atoms with E-state index in [0.29, 0.717) is 34.2 Å². The number of furan rings is 1. The van der Waals surface area contributed by atoms with Crippen LogP contribution in [0.2, 0.25) is 0 Å². The van der Waals surface area contributed by atoms with Crippen molar-refractivity contribution in [3.8, 4) is 17.1 Å². The number of esters is 1. The van der Waals surface area contributed by atoms with Crippen molar-refractivity contribution >= 4 is 23.8 Å². The molecule has 29 heavy (non-hydrogen) atoms. The van der Waals surface area contributed by atoms with Crippen molar-refractivity contribution in [1.29, 1.82) is 0 Å². The van der Waals surface area contributed by atoms with Gasteiger partial charge in [-0.25, -0.2) is 9.59 Å². The number of ether oxygens (including phenoxy) is 2. The maximum absolute atomic E-state index is 12.2. The minimum atomic E-state index is -1.01. The van der Waals surface area contributed by atoms with Gasteiger partial charge in [-0.05, 0) is 60.7 Å². The van der Waals surface area contributed by atoms with Crippen molar-refractivity contribution in [3.63, 3.8) is 0 Å². The van der Waals surface area contributed by atoms with E-state index in [1.165, 1.54) is 12.1 Å². The molecule has 0 radical (unpaired) electrons. The first kappa shape index (κ1) is 18.3. The van der Waals surface area contributed by atoms with Gasteiger partial charge in [0.1, 0.15) is 23.0 Å². The van der Waals surface area contributed by atoms with E-state index in [9.17, 15) is 9.59 Å². The molecular formula is C23H16O6. The van der Waals surface area contributed by atoms with Crippen molar-refractivity contribution in [1.82, 2.24) is 0 Å². The minimum Gasteiger partial charge on any atom is -0.497 e. The Kier molecular flexibility index (Phi) is 4.75. The number of carboxylic acid groups (broad SMARTS) is 1. The molecule has 1 aliphatic rings. The van der Waals surface area contributed by atoms with Crippen molar-refractivity contribution in [2.75, 3.05) is 7.11 Å². The molecule has 1 N–H and O–H groups in total. The zero-order chi connectivity index (χ0) is 20.4. The Hall–Kier alpha value is -4.06. The van der Waals surface area contributed by atoms with Crippen LogP contribution in [0.3, 0.4) is 0 Å². The van der Waals surface area contributed by atoms with Crippen LogP contribution in [-0.2, 0) is 9.53 Å². The van der Waals surface area contributed by atoms with Crippen molar-refractivity contribution in [3.05, 3.63) is 89.2 Å². The quantitative estimate of drug-likeness (QED) is 0.506. The lowest BCUT2D eigenvalue weighted by Gasteiger charge is -2.03. The van der Waals surface area contributed by atoms with Crippen LogP contribution < -0.4 is 4.74 Å². The first-order valence-corrected chi connectivity index (χ1v) is 8.77. The van der Waals surface area contributed by atoms with Gasteiger partial charge in [0.2, 0.25) is 0 Å². The summed E-state index contributed by atoms with van der Waals surface area (Å²) in [4.78, 5) is 23.3. The summed E-state index contributed by atoms with van der Waals surface area (Å²) >= 11 is 0. The summed E-state index contributed by atoms with van der Waals surface area (Å²) < 4.78 is 16.2. The van der Waals surface area contributed by atoms with Gasteiger partial charge in [0.25, 0.3) is 0 Å². The molecule has 1 aliphatic heterocycles. The van der Waals surface area contributed by atoms with Crippen LogP contribution in [0.25, 0.3) is 23.2 Å². The molecule has 2 aromatic carbocycles. The SMILES string of the molecule is COc1ccc(C2=C/C(=C/c3ccc(-c4cccc(C(=O)O)c4)o3)C(=O)O2)cc1. The molecule has 3 aromatic rings. The number of methoxy groups -OCH3 is 1. The molecule has 1 aromatic heterocycles. The molecule has 0 unspecified atom stereocenters.